The number of rotatable bonds is 10. The Morgan fingerprint density at radius 3 is 2.60 bits per heavy atom. The minimum Gasteiger partial charge on any atom is -0.496 e. The summed E-state index contributed by atoms with van der Waals surface area (Å²) in [7, 11) is 1.61. The molecular weight excluding hydrogens is 486 g/mol. The van der Waals surface area contributed by atoms with Crippen LogP contribution in [0.3, 0.4) is 0 Å². The summed E-state index contributed by atoms with van der Waals surface area (Å²) >= 11 is 7.33. The van der Waals surface area contributed by atoms with Crippen LogP contribution >= 0.6 is 22.9 Å². The molecule has 0 radical (unpaired) electrons. The summed E-state index contributed by atoms with van der Waals surface area (Å²) < 4.78 is 11.2. The maximum Gasteiger partial charge on any atom is 0.260 e. The molecule has 0 aliphatic rings. The number of aliphatic hydroxyl groups excluding tert-OH is 1. The van der Waals surface area contributed by atoms with E-state index in [1.54, 1.807) is 31.4 Å². The highest BCUT2D eigenvalue weighted by molar-refractivity contribution is 7.17. The SMILES string of the molecule is COc1ccccc1-c1csc2nc(CN(C[C@H](O)COc3ccc(Cl)cc3)C(C)C)[nH]c(=O)c12. The number of hydrogen-bond acceptors (Lipinski definition) is 7. The molecule has 7 nitrogen and oxygen atoms in total. The molecule has 2 heterocycles. The van der Waals surface area contributed by atoms with Crippen molar-refractivity contribution < 1.29 is 14.6 Å². The van der Waals surface area contributed by atoms with Crippen molar-refractivity contribution in [1.82, 2.24) is 14.9 Å². The minimum absolute atomic E-state index is 0.119. The molecule has 0 bridgehead atoms. The van der Waals surface area contributed by atoms with E-state index >= 15 is 0 Å². The second kappa shape index (κ2) is 11.2. The number of hydrogen-bond donors (Lipinski definition) is 2. The monoisotopic (exact) mass is 513 g/mol. The van der Waals surface area contributed by atoms with Crippen LogP contribution in [0.15, 0.2) is 58.7 Å². The van der Waals surface area contributed by atoms with Gasteiger partial charge in [-0.15, -0.1) is 11.3 Å². The van der Waals surface area contributed by atoms with Crippen LogP contribution < -0.4 is 15.0 Å². The van der Waals surface area contributed by atoms with E-state index in [9.17, 15) is 9.90 Å². The van der Waals surface area contributed by atoms with Gasteiger partial charge in [-0.1, -0.05) is 29.8 Å². The number of methoxy groups -OCH3 is 1. The van der Waals surface area contributed by atoms with Crippen molar-refractivity contribution in [3.63, 3.8) is 0 Å². The summed E-state index contributed by atoms with van der Waals surface area (Å²) in [6, 6.07) is 14.7. The van der Waals surface area contributed by atoms with Crippen molar-refractivity contribution in [1.29, 1.82) is 0 Å². The van der Waals surface area contributed by atoms with Crippen LogP contribution in [-0.2, 0) is 6.54 Å². The molecule has 2 aromatic carbocycles. The first-order chi connectivity index (χ1) is 16.9. The van der Waals surface area contributed by atoms with Crippen LogP contribution in [-0.4, -0.2) is 52.4 Å². The van der Waals surface area contributed by atoms with Gasteiger partial charge in [-0.25, -0.2) is 4.98 Å². The second-order valence-corrected chi connectivity index (χ2v) is 9.78. The number of ether oxygens (including phenoxy) is 2. The quantitative estimate of drug-likeness (QED) is 0.311. The van der Waals surface area contributed by atoms with E-state index in [4.69, 9.17) is 26.1 Å². The van der Waals surface area contributed by atoms with E-state index in [0.29, 0.717) is 45.7 Å². The lowest BCUT2D eigenvalue weighted by atomic mass is 10.1. The summed E-state index contributed by atoms with van der Waals surface area (Å²) in [5.74, 6) is 1.90. The van der Waals surface area contributed by atoms with Gasteiger partial charge >= 0.3 is 0 Å². The molecule has 1 atom stereocenters. The predicted octanol–water partition coefficient (Wildman–Crippen LogP) is 4.96. The zero-order chi connectivity index (χ0) is 24.9. The molecule has 0 aliphatic carbocycles. The number of benzene rings is 2. The Morgan fingerprint density at radius 2 is 1.89 bits per heavy atom. The summed E-state index contributed by atoms with van der Waals surface area (Å²) in [6.07, 6.45) is -0.720. The van der Waals surface area contributed by atoms with Gasteiger partial charge in [0.1, 0.15) is 34.9 Å². The molecule has 35 heavy (non-hydrogen) atoms. The van der Waals surface area contributed by atoms with Crippen molar-refractivity contribution in [3.8, 4) is 22.6 Å². The van der Waals surface area contributed by atoms with Crippen molar-refractivity contribution in [2.45, 2.75) is 32.5 Å². The molecule has 0 fully saturated rings. The molecule has 2 aromatic heterocycles. The second-order valence-electron chi connectivity index (χ2n) is 8.48. The lowest BCUT2D eigenvalue weighted by Crippen LogP contribution is -2.40. The van der Waals surface area contributed by atoms with Crippen LogP contribution in [0, 0.1) is 0 Å². The third-order valence-corrected chi connectivity index (χ3v) is 6.80. The number of nitrogens with one attached hydrogen (secondary N) is 1. The van der Waals surface area contributed by atoms with Crippen LogP contribution in [0.1, 0.15) is 19.7 Å². The largest absolute Gasteiger partial charge is 0.496 e. The van der Waals surface area contributed by atoms with Gasteiger partial charge in [-0.05, 0) is 44.2 Å². The van der Waals surface area contributed by atoms with Crippen molar-refractivity contribution in [3.05, 3.63) is 75.1 Å². The number of aromatic amines is 1. The van der Waals surface area contributed by atoms with E-state index in [0.717, 1.165) is 11.1 Å². The molecule has 0 saturated heterocycles. The number of thiophene rings is 1. The Balaban J connectivity index is 1.50. The molecule has 0 spiro atoms. The highest BCUT2D eigenvalue weighted by Crippen LogP contribution is 2.36. The molecule has 4 aromatic rings. The van der Waals surface area contributed by atoms with Gasteiger partial charge in [-0.2, -0.15) is 0 Å². The first kappa shape index (κ1) is 25.2. The predicted molar refractivity (Wildman–Crippen MR) is 141 cm³/mol. The number of aromatic nitrogens is 2. The van der Waals surface area contributed by atoms with Crippen LogP contribution in [0.2, 0.25) is 5.02 Å². The lowest BCUT2D eigenvalue weighted by Gasteiger charge is -2.28. The maximum absolute atomic E-state index is 13.1. The molecule has 4 rings (SSSR count). The molecule has 0 aliphatic heterocycles. The van der Waals surface area contributed by atoms with Crippen LogP contribution in [0.4, 0.5) is 0 Å². The topological polar surface area (TPSA) is 87.7 Å². The first-order valence-electron chi connectivity index (χ1n) is 11.3. The highest BCUT2D eigenvalue weighted by Gasteiger charge is 2.20. The molecule has 2 N–H and O–H groups in total. The molecule has 184 valence electrons. The van der Waals surface area contributed by atoms with Crippen LogP contribution in [0.5, 0.6) is 11.5 Å². The van der Waals surface area contributed by atoms with Gasteiger partial charge in [0.2, 0.25) is 0 Å². The number of para-hydroxylation sites is 1. The number of H-pyrrole nitrogens is 1. The molecule has 0 unspecified atom stereocenters. The number of nitrogens with zero attached hydrogens (tertiary/aromatic N) is 2. The van der Waals surface area contributed by atoms with E-state index in [-0.39, 0.29) is 18.2 Å². The van der Waals surface area contributed by atoms with E-state index in [2.05, 4.69) is 9.88 Å². The fraction of sp³-hybridized carbons (Fsp3) is 0.308. The van der Waals surface area contributed by atoms with Gasteiger partial charge in [0.25, 0.3) is 5.56 Å². The van der Waals surface area contributed by atoms with Crippen LogP contribution in [0.25, 0.3) is 21.3 Å². The van der Waals surface area contributed by atoms with Gasteiger partial charge in [0.05, 0.1) is 19.0 Å². The van der Waals surface area contributed by atoms with E-state index in [1.807, 2.05) is 43.5 Å². The Bertz CT molecular complexity index is 1340. The van der Waals surface area contributed by atoms with E-state index in [1.165, 1.54) is 11.3 Å². The van der Waals surface area contributed by atoms with Gasteiger partial charge in [-0.3, -0.25) is 9.69 Å². The first-order valence-corrected chi connectivity index (χ1v) is 12.6. The van der Waals surface area contributed by atoms with Gasteiger partial charge < -0.3 is 19.6 Å². The Labute approximate surface area is 212 Å². The fourth-order valence-corrected chi connectivity index (χ4v) is 4.91. The average Bonchev–Trinajstić information content (AvgIpc) is 3.27. The normalized spacial score (nSPS) is 12.4. The van der Waals surface area contributed by atoms with Crippen molar-refractivity contribution >= 4 is 33.2 Å². The van der Waals surface area contributed by atoms with Crippen molar-refractivity contribution in [2.24, 2.45) is 0 Å². The third kappa shape index (κ3) is 6.02. The Kier molecular flexibility index (Phi) is 8.07. The van der Waals surface area contributed by atoms with Gasteiger partial charge in [0.15, 0.2) is 0 Å². The van der Waals surface area contributed by atoms with Crippen molar-refractivity contribution in [2.75, 3.05) is 20.3 Å². The number of aliphatic hydroxyl groups is 1. The smallest absolute Gasteiger partial charge is 0.260 e. The maximum atomic E-state index is 13.1. The number of fused-ring (bicyclic) bond motifs is 1. The highest BCUT2D eigenvalue weighted by atomic mass is 35.5. The fourth-order valence-electron chi connectivity index (χ4n) is 3.83. The Hall–Kier alpha value is -2.91. The average molecular weight is 514 g/mol. The zero-order valence-electron chi connectivity index (χ0n) is 19.8. The lowest BCUT2D eigenvalue weighted by molar-refractivity contribution is 0.0533. The zero-order valence-corrected chi connectivity index (χ0v) is 21.4. The standard InChI is InChI=1S/C26H28ClN3O4S/c1-16(2)30(12-18(31)14-34-19-10-8-17(27)9-11-19)13-23-28-25(32)24-21(15-35-26(24)29-23)20-6-4-5-7-22(20)33-3/h4-11,15-16,18,31H,12-14H2,1-3H3,(H,28,29,32)/t18-/m0/s1. The molecule has 9 heteroatoms. The third-order valence-electron chi connectivity index (χ3n) is 5.67. The summed E-state index contributed by atoms with van der Waals surface area (Å²) in [5.41, 5.74) is 1.47. The molecular formula is C26H28ClN3O4S. The Morgan fingerprint density at radius 1 is 1.14 bits per heavy atom. The summed E-state index contributed by atoms with van der Waals surface area (Å²) in [6.45, 7) is 4.97. The van der Waals surface area contributed by atoms with Gasteiger partial charge in [0, 0.05) is 34.1 Å². The summed E-state index contributed by atoms with van der Waals surface area (Å²) in [5, 5.41) is 13.7. The van der Waals surface area contributed by atoms with E-state index < -0.39 is 6.10 Å². The molecule has 0 amide bonds. The number of halogens is 1. The minimum atomic E-state index is -0.720. The molecule has 0 saturated carbocycles. The summed E-state index contributed by atoms with van der Waals surface area (Å²) in [4.78, 5) is 23.5.